The normalized spacial score (nSPS) is 13.2. The van der Waals surface area contributed by atoms with Crippen molar-refractivity contribution in [2.45, 2.75) is 17.9 Å². The van der Waals surface area contributed by atoms with E-state index in [0.29, 0.717) is 13.2 Å². The Labute approximate surface area is 105 Å². The summed E-state index contributed by atoms with van der Waals surface area (Å²) in [6, 6.07) is -0.873. The summed E-state index contributed by atoms with van der Waals surface area (Å²) >= 11 is 0. The summed E-state index contributed by atoms with van der Waals surface area (Å²) in [6.45, 7) is 2.15. The molecule has 18 heavy (non-hydrogen) atoms. The first-order valence-electron chi connectivity index (χ1n) is 5.25. The van der Waals surface area contributed by atoms with Gasteiger partial charge in [-0.2, -0.15) is 9.82 Å². The molecule has 0 aliphatic heterocycles. The first kappa shape index (κ1) is 14.6. The monoisotopic (exact) mass is 276 g/mol. The number of nitrogens with zero attached hydrogens (tertiary/aromatic N) is 1. The van der Waals surface area contributed by atoms with Crippen molar-refractivity contribution in [1.29, 1.82) is 0 Å². The number of hydrogen-bond acceptors (Lipinski definition) is 5. The van der Waals surface area contributed by atoms with Crippen LogP contribution in [0.15, 0.2) is 17.3 Å². The molecule has 0 radical (unpaired) electrons. The predicted molar refractivity (Wildman–Crippen MR) is 63.3 cm³/mol. The van der Waals surface area contributed by atoms with Gasteiger partial charge in [-0.25, -0.2) is 8.42 Å². The molecule has 1 rings (SSSR count). The molecule has 0 spiro atoms. The van der Waals surface area contributed by atoms with Crippen molar-refractivity contribution in [3.63, 3.8) is 0 Å². The summed E-state index contributed by atoms with van der Waals surface area (Å²) in [4.78, 5) is 11.5. The minimum Gasteiger partial charge on any atom is -0.383 e. The second kappa shape index (κ2) is 6.47. The zero-order valence-corrected chi connectivity index (χ0v) is 11.0. The topological polar surface area (TPSA) is 113 Å². The van der Waals surface area contributed by atoms with Gasteiger partial charge in [0.15, 0.2) is 0 Å². The number of sulfonamides is 1. The minimum absolute atomic E-state index is 0.0148. The van der Waals surface area contributed by atoms with Gasteiger partial charge in [-0.3, -0.25) is 9.89 Å². The predicted octanol–water partition coefficient (Wildman–Crippen LogP) is -1.16. The Morgan fingerprint density at radius 1 is 1.61 bits per heavy atom. The van der Waals surface area contributed by atoms with Crippen molar-refractivity contribution in [2.24, 2.45) is 0 Å². The van der Waals surface area contributed by atoms with E-state index in [2.05, 4.69) is 20.2 Å². The number of H-pyrrole nitrogens is 1. The van der Waals surface area contributed by atoms with E-state index in [4.69, 9.17) is 4.74 Å². The third-order valence-electron chi connectivity index (χ3n) is 2.11. The summed E-state index contributed by atoms with van der Waals surface area (Å²) < 4.78 is 30.5. The van der Waals surface area contributed by atoms with E-state index in [1.54, 1.807) is 0 Å². The van der Waals surface area contributed by atoms with Crippen LogP contribution < -0.4 is 10.0 Å². The second-order valence-corrected chi connectivity index (χ2v) is 5.27. The molecule has 0 saturated carbocycles. The number of nitrogens with one attached hydrogen (secondary N) is 3. The molecule has 1 amide bonds. The Bertz CT molecular complexity index is 471. The van der Waals surface area contributed by atoms with Crippen LogP contribution in [0.2, 0.25) is 0 Å². The third-order valence-corrected chi connectivity index (χ3v) is 3.62. The van der Waals surface area contributed by atoms with E-state index in [1.807, 2.05) is 0 Å². The van der Waals surface area contributed by atoms with Crippen LogP contribution in [0.4, 0.5) is 0 Å². The number of rotatable bonds is 7. The van der Waals surface area contributed by atoms with E-state index in [1.165, 1.54) is 20.2 Å². The molecule has 1 aromatic heterocycles. The zero-order chi connectivity index (χ0) is 13.6. The highest BCUT2D eigenvalue weighted by Crippen LogP contribution is 2.05. The fraction of sp³-hybridized carbons (Fsp3) is 0.556. The molecule has 0 fully saturated rings. The molecule has 1 atom stereocenters. The van der Waals surface area contributed by atoms with E-state index < -0.39 is 22.0 Å². The molecule has 3 N–H and O–H groups in total. The number of carbonyl (C=O) groups excluding carboxylic acids is 1. The maximum atomic E-state index is 11.8. The molecule has 8 nitrogen and oxygen atoms in total. The summed E-state index contributed by atoms with van der Waals surface area (Å²) in [5.41, 5.74) is 0. The van der Waals surface area contributed by atoms with Crippen LogP contribution in [0.25, 0.3) is 0 Å². The SMILES string of the molecule is COCCNC(=O)C(C)NS(=O)(=O)c1cn[nH]c1. The average molecular weight is 276 g/mol. The van der Waals surface area contributed by atoms with E-state index in [0.717, 1.165) is 6.20 Å². The molecule has 1 aromatic rings. The molecule has 0 bridgehead atoms. The maximum absolute atomic E-state index is 11.8. The van der Waals surface area contributed by atoms with Gasteiger partial charge in [-0.1, -0.05) is 0 Å². The van der Waals surface area contributed by atoms with Gasteiger partial charge in [0.25, 0.3) is 0 Å². The van der Waals surface area contributed by atoms with Crippen LogP contribution in [0, 0.1) is 0 Å². The van der Waals surface area contributed by atoms with Crippen molar-refractivity contribution in [1.82, 2.24) is 20.2 Å². The Hall–Kier alpha value is -1.45. The lowest BCUT2D eigenvalue weighted by molar-refractivity contribution is -0.122. The largest absolute Gasteiger partial charge is 0.383 e. The number of aromatic nitrogens is 2. The smallest absolute Gasteiger partial charge is 0.244 e. The highest BCUT2D eigenvalue weighted by atomic mass is 32.2. The summed E-state index contributed by atoms with van der Waals surface area (Å²) in [5.74, 6) is -0.417. The lowest BCUT2D eigenvalue weighted by atomic mass is 10.3. The van der Waals surface area contributed by atoms with Crippen LogP contribution >= 0.6 is 0 Å². The Kier molecular flexibility index (Phi) is 5.25. The van der Waals surface area contributed by atoms with Gasteiger partial charge in [0, 0.05) is 19.9 Å². The van der Waals surface area contributed by atoms with Gasteiger partial charge < -0.3 is 10.1 Å². The van der Waals surface area contributed by atoms with Crippen molar-refractivity contribution < 1.29 is 17.9 Å². The number of amides is 1. The van der Waals surface area contributed by atoms with Gasteiger partial charge in [0.2, 0.25) is 15.9 Å². The number of ether oxygens (including phenoxy) is 1. The van der Waals surface area contributed by atoms with Crippen LogP contribution in [0.1, 0.15) is 6.92 Å². The van der Waals surface area contributed by atoms with Crippen LogP contribution in [0.3, 0.4) is 0 Å². The first-order chi connectivity index (χ1) is 8.47. The molecule has 0 aliphatic rings. The van der Waals surface area contributed by atoms with Crippen LogP contribution in [-0.4, -0.2) is 50.8 Å². The van der Waals surface area contributed by atoms with Crippen LogP contribution in [0.5, 0.6) is 0 Å². The van der Waals surface area contributed by atoms with Crippen molar-refractivity contribution in [3.8, 4) is 0 Å². The number of aromatic amines is 1. The molecule has 9 heteroatoms. The number of methoxy groups -OCH3 is 1. The molecule has 1 unspecified atom stereocenters. The molecule has 0 aliphatic carbocycles. The molecule has 102 valence electrons. The molecular weight excluding hydrogens is 260 g/mol. The lowest BCUT2D eigenvalue weighted by Crippen LogP contribution is -2.45. The second-order valence-electron chi connectivity index (χ2n) is 3.56. The van der Waals surface area contributed by atoms with Gasteiger partial charge in [-0.05, 0) is 6.92 Å². The van der Waals surface area contributed by atoms with Gasteiger partial charge in [0.1, 0.15) is 4.90 Å². The van der Waals surface area contributed by atoms with Gasteiger partial charge >= 0.3 is 0 Å². The molecule has 1 heterocycles. The van der Waals surface area contributed by atoms with E-state index in [-0.39, 0.29) is 4.90 Å². The molecular formula is C9H16N4O4S. The standard InChI is InChI=1S/C9H16N4O4S/c1-7(9(14)10-3-4-17-2)13-18(15,16)8-5-11-12-6-8/h5-7,13H,3-4H2,1-2H3,(H,10,14)(H,11,12). The quantitative estimate of drug-likeness (QED) is 0.544. The zero-order valence-electron chi connectivity index (χ0n) is 10.1. The van der Waals surface area contributed by atoms with Gasteiger partial charge in [0.05, 0.1) is 18.8 Å². The average Bonchev–Trinajstić information content (AvgIpc) is 2.82. The van der Waals surface area contributed by atoms with E-state index >= 15 is 0 Å². The highest BCUT2D eigenvalue weighted by Gasteiger charge is 2.22. The lowest BCUT2D eigenvalue weighted by Gasteiger charge is -2.13. The van der Waals surface area contributed by atoms with Gasteiger partial charge in [-0.15, -0.1) is 0 Å². The Morgan fingerprint density at radius 2 is 2.33 bits per heavy atom. The van der Waals surface area contributed by atoms with Crippen molar-refractivity contribution in [3.05, 3.63) is 12.4 Å². The maximum Gasteiger partial charge on any atom is 0.244 e. The van der Waals surface area contributed by atoms with E-state index in [9.17, 15) is 13.2 Å². The molecule has 0 aromatic carbocycles. The summed E-state index contributed by atoms with van der Waals surface area (Å²) in [6.07, 6.45) is 2.40. The fourth-order valence-corrected chi connectivity index (χ4v) is 2.28. The van der Waals surface area contributed by atoms with Crippen molar-refractivity contribution >= 4 is 15.9 Å². The minimum atomic E-state index is -3.73. The first-order valence-corrected chi connectivity index (χ1v) is 6.73. The summed E-state index contributed by atoms with van der Waals surface area (Å²) in [7, 11) is -2.22. The highest BCUT2D eigenvalue weighted by molar-refractivity contribution is 7.89. The third kappa shape index (κ3) is 4.09. The number of hydrogen-bond donors (Lipinski definition) is 3. The van der Waals surface area contributed by atoms with Crippen molar-refractivity contribution in [2.75, 3.05) is 20.3 Å². The fourth-order valence-electron chi connectivity index (χ4n) is 1.17. The molecule has 0 saturated heterocycles. The number of carbonyl (C=O) groups is 1. The Balaban J connectivity index is 2.54. The Morgan fingerprint density at radius 3 is 2.89 bits per heavy atom. The van der Waals surface area contributed by atoms with Crippen LogP contribution in [-0.2, 0) is 19.6 Å². The summed E-state index contributed by atoms with van der Waals surface area (Å²) in [5, 5.41) is 8.47.